The number of halogens is 1. The largest absolute Gasteiger partial charge is 0.497 e. The van der Waals surface area contributed by atoms with Crippen LogP contribution >= 0.6 is 11.6 Å². The summed E-state index contributed by atoms with van der Waals surface area (Å²) in [6.45, 7) is 1.63. The van der Waals surface area contributed by atoms with Gasteiger partial charge in [0.15, 0.2) is 0 Å². The van der Waals surface area contributed by atoms with Crippen molar-refractivity contribution in [3.63, 3.8) is 0 Å². The first-order chi connectivity index (χ1) is 15.4. The minimum absolute atomic E-state index is 0.0725. The predicted octanol–water partition coefficient (Wildman–Crippen LogP) is 3.33. The van der Waals surface area contributed by atoms with Crippen molar-refractivity contribution in [1.29, 1.82) is 0 Å². The third kappa shape index (κ3) is 4.50. The molecule has 4 rings (SSSR count). The molecular formula is C22H23ClN4O4S. The van der Waals surface area contributed by atoms with E-state index in [1.807, 2.05) is 35.2 Å². The van der Waals surface area contributed by atoms with Crippen molar-refractivity contribution in [1.82, 2.24) is 14.3 Å². The Labute approximate surface area is 192 Å². The molecule has 0 atom stereocenters. The molecule has 0 saturated carbocycles. The van der Waals surface area contributed by atoms with E-state index >= 15 is 0 Å². The van der Waals surface area contributed by atoms with E-state index in [4.69, 9.17) is 21.1 Å². The SMILES string of the molecule is COc1cccc(-c2cc(N3CCN(S(=O)(=O)c4cc(Cl)ccc4OC)CC3)ncn2)c1. The van der Waals surface area contributed by atoms with Gasteiger partial charge in [0.2, 0.25) is 10.0 Å². The molecule has 0 radical (unpaired) electrons. The lowest BCUT2D eigenvalue weighted by Crippen LogP contribution is -2.49. The minimum Gasteiger partial charge on any atom is -0.497 e. The second-order valence-electron chi connectivity index (χ2n) is 7.18. The number of rotatable bonds is 6. The summed E-state index contributed by atoms with van der Waals surface area (Å²) >= 11 is 6.04. The van der Waals surface area contributed by atoms with Gasteiger partial charge < -0.3 is 14.4 Å². The zero-order chi connectivity index (χ0) is 22.7. The molecule has 10 heteroatoms. The Balaban J connectivity index is 1.51. The Bertz CT molecular complexity index is 1210. The van der Waals surface area contributed by atoms with Crippen molar-refractivity contribution < 1.29 is 17.9 Å². The maximum Gasteiger partial charge on any atom is 0.246 e. The van der Waals surface area contributed by atoms with Crippen LogP contribution in [0.3, 0.4) is 0 Å². The smallest absolute Gasteiger partial charge is 0.246 e. The summed E-state index contributed by atoms with van der Waals surface area (Å²) in [4.78, 5) is 10.9. The average molecular weight is 475 g/mol. The highest BCUT2D eigenvalue weighted by Crippen LogP contribution is 2.31. The molecule has 2 aromatic carbocycles. The molecule has 0 spiro atoms. The van der Waals surface area contributed by atoms with E-state index in [1.54, 1.807) is 19.2 Å². The normalized spacial score (nSPS) is 14.9. The van der Waals surface area contributed by atoms with Gasteiger partial charge >= 0.3 is 0 Å². The molecule has 0 amide bonds. The first-order valence-electron chi connectivity index (χ1n) is 9.97. The summed E-state index contributed by atoms with van der Waals surface area (Å²) in [5.74, 6) is 1.77. The second kappa shape index (κ2) is 9.32. The molecule has 8 nitrogen and oxygen atoms in total. The second-order valence-corrected chi connectivity index (χ2v) is 9.52. The van der Waals surface area contributed by atoms with E-state index in [2.05, 4.69) is 9.97 Å². The lowest BCUT2D eigenvalue weighted by molar-refractivity contribution is 0.373. The van der Waals surface area contributed by atoms with Gasteiger partial charge in [-0.2, -0.15) is 4.31 Å². The fourth-order valence-corrected chi connectivity index (χ4v) is 5.45. The fraction of sp³-hybridized carbons (Fsp3) is 0.273. The van der Waals surface area contributed by atoms with Crippen LogP contribution in [0.25, 0.3) is 11.3 Å². The molecule has 0 bridgehead atoms. The van der Waals surface area contributed by atoms with E-state index < -0.39 is 10.0 Å². The van der Waals surface area contributed by atoms with Crippen LogP contribution in [0.15, 0.2) is 59.8 Å². The van der Waals surface area contributed by atoms with Gasteiger partial charge in [-0.1, -0.05) is 23.7 Å². The summed E-state index contributed by atoms with van der Waals surface area (Å²) in [5.41, 5.74) is 1.69. The molecule has 1 aliphatic rings. The Hall–Kier alpha value is -2.88. The van der Waals surface area contributed by atoms with Crippen LogP contribution in [-0.2, 0) is 10.0 Å². The van der Waals surface area contributed by atoms with E-state index in [-0.39, 0.29) is 10.6 Å². The van der Waals surface area contributed by atoms with Gasteiger partial charge in [0.05, 0.1) is 19.9 Å². The van der Waals surface area contributed by atoms with Crippen molar-refractivity contribution in [3.8, 4) is 22.8 Å². The fourth-order valence-electron chi connectivity index (χ4n) is 3.61. The molecule has 1 saturated heterocycles. The monoisotopic (exact) mass is 474 g/mol. The maximum atomic E-state index is 13.2. The third-order valence-corrected chi connectivity index (χ3v) is 7.48. The molecule has 2 heterocycles. The van der Waals surface area contributed by atoms with Gasteiger partial charge in [-0.25, -0.2) is 18.4 Å². The van der Waals surface area contributed by atoms with Crippen molar-refractivity contribution in [2.24, 2.45) is 0 Å². The van der Waals surface area contributed by atoms with Crippen molar-refractivity contribution >= 4 is 27.4 Å². The number of aromatic nitrogens is 2. The standard InChI is InChI=1S/C22H23ClN4O4S/c1-30-18-5-3-4-16(12-18)19-14-22(25-15-24-19)26-8-10-27(11-9-26)32(28,29)21-13-17(23)6-7-20(21)31-2/h3-7,12-15H,8-11H2,1-2H3. The van der Waals surface area contributed by atoms with Crippen LogP contribution in [0.1, 0.15) is 0 Å². The summed E-state index contributed by atoms with van der Waals surface area (Å²) in [7, 11) is -0.679. The van der Waals surface area contributed by atoms with Gasteiger partial charge in [0.25, 0.3) is 0 Å². The molecule has 0 aliphatic carbocycles. The zero-order valence-corrected chi connectivity index (χ0v) is 19.3. The van der Waals surface area contributed by atoms with Crippen LogP contribution in [0.2, 0.25) is 5.02 Å². The Morgan fingerprint density at radius 3 is 2.44 bits per heavy atom. The van der Waals surface area contributed by atoms with Gasteiger partial charge in [0.1, 0.15) is 28.5 Å². The molecular weight excluding hydrogens is 452 g/mol. The first kappa shape index (κ1) is 22.3. The molecule has 0 unspecified atom stereocenters. The molecule has 0 N–H and O–H groups in total. The average Bonchev–Trinajstić information content (AvgIpc) is 2.84. The van der Waals surface area contributed by atoms with Crippen LogP contribution in [-0.4, -0.2) is 63.1 Å². The van der Waals surface area contributed by atoms with Gasteiger partial charge in [-0.15, -0.1) is 0 Å². The van der Waals surface area contributed by atoms with E-state index in [9.17, 15) is 8.42 Å². The number of ether oxygens (including phenoxy) is 2. The molecule has 1 fully saturated rings. The van der Waals surface area contributed by atoms with Crippen LogP contribution in [0, 0.1) is 0 Å². The molecule has 168 valence electrons. The highest BCUT2D eigenvalue weighted by atomic mass is 35.5. The number of piperazine rings is 1. The summed E-state index contributed by atoms with van der Waals surface area (Å²) < 4.78 is 38.4. The summed E-state index contributed by atoms with van der Waals surface area (Å²) in [6, 6.07) is 14.1. The number of anilines is 1. The number of hydrogen-bond donors (Lipinski definition) is 0. The molecule has 1 aliphatic heterocycles. The van der Waals surface area contributed by atoms with E-state index in [0.717, 1.165) is 22.8 Å². The van der Waals surface area contributed by atoms with Crippen molar-refractivity contribution in [2.75, 3.05) is 45.3 Å². The Morgan fingerprint density at radius 2 is 1.72 bits per heavy atom. The van der Waals surface area contributed by atoms with E-state index in [1.165, 1.54) is 23.8 Å². The van der Waals surface area contributed by atoms with Gasteiger partial charge in [-0.3, -0.25) is 0 Å². The number of benzene rings is 2. The summed E-state index contributed by atoms with van der Waals surface area (Å²) in [6.07, 6.45) is 1.52. The first-order valence-corrected chi connectivity index (χ1v) is 11.8. The Kier molecular flexibility index (Phi) is 6.50. The Morgan fingerprint density at radius 1 is 0.938 bits per heavy atom. The number of sulfonamides is 1. The number of methoxy groups -OCH3 is 2. The summed E-state index contributed by atoms with van der Waals surface area (Å²) in [5, 5.41) is 0.342. The lowest BCUT2D eigenvalue weighted by atomic mass is 10.1. The highest BCUT2D eigenvalue weighted by molar-refractivity contribution is 7.89. The zero-order valence-electron chi connectivity index (χ0n) is 17.7. The van der Waals surface area contributed by atoms with E-state index in [0.29, 0.717) is 31.2 Å². The van der Waals surface area contributed by atoms with Crippen LogP contribution in [0.5, 0.6) is 11.5 Å². The molecule has 3 aromatic rings. The molecule has 32 heavy (non-hydrogen) atoms. The van der Waals surface area contributed by atoms with Gasteiger partial charge in [0, 0.05) is 42.8 Å². The van der Waals surface area contributed by atoms with Gasteiger partial charge in [-0.05, 0) is 30.3 Å². The molecule has 1 aromatic heterocycles. The third-order valence-electron chi connectivity index (χ3n) is 5.32. The number of nitrogens with zero attached hydrogens (tertiary/aromatic N) is 4. The highest BCUT2D eigenvalue weighted by Gasteiger charge is 2.31. The topological polar surface area (TPSA) is 84.9 Å². The lowest BCUT2D eigenvalue weighted by Gasteiger charge is -2.34. The quantitative estimate of drug-likeness (QED) is 0.541. The van der Waals surface area contributed by atoms with Crippen molar-refractivity contribution in [3.05, 3.63) is 59.9 Å². The predicted molar refractivity (Wildman–Crippen MR) is 123 cm³/mol. The number of hydrogen-bond acceptors (Lipinski definition) is 7. The van der Waals surface area contributed by atoms with Crippen LogP contribution < -0.4 is 14.4 Å². The maximum absolute atomic E-state index is 13.2. The minimum atomic E-state index is -3.74. The van der Waals surface area contributed by atoms with Crippen molar-refractivity contribution in [2.45, 2.75) is 4.90 Å². The van der Waals surface area contributed by atoms with Crippen LogP contribution in [0.4, 0.5) is 5.82 Å².